The van der Waals surface area contributed by atoms with Crippen LogP contribution in [0.5, 0.6) is 0 Å². The summed E-state index contributed by atoms with van der Waals surface area (Å²) in [5, 5.41) is 10.8. The average molecular weight is 977 g/mol. The predicted octanol–water partition coefficient (Wildman–Crippen LogP) is -38.5. The summed E-state index contributed by atoms with van der Waals surface area (Å²) >= 11 is 0. The zero-order valence-corrected chi connectivity index (χ0v) is 54.4. The minimum atomic E-state index is 1.03. The van der Waals surface area contributed by atoms with E-state index in [0.29, 0.717) is 0 Å². The second-order valence-electron chi connectivity index (χ2n) is 25.5. The monoisotopic (exact) mass is 983 g/mol. The Kier molecular flexibility index (Phi) is 14.3. The molecule has 79 heavy (non-hydrogen) atoms. The minimum absolute atomic E-state index is 1.03. The number of furan rings is 1. The molecule has 31 heteroatoms. The van der Waals surface area contributed by atoms with Crippen molar-refractivity contribution in [1.29, 1.82) is 0 Å². The summed E-state index contributed by atoms with van der Waals surface area (Å²) in [6.07, 6.45) is 0. The van der Waals surface area contributed by atoms with Crippen molar-refractivity contribution in [1.82, 2.24) is 0 Å². The maximum atomic E-state index is 7.28. The van der Waals surface area contributed by atoms with Crippen molar-refractivity contribution in [3.63, 3.8) is 0 Å². The summed E-state index contributed by atoms with van der Waals surface area (Å²) in [5.74, 6) is 0. The van der Waals surface area contributed by atoms with Crippen LogP contribution in [-0.4, -0.2) is 235 Å². The minimum Gasteiger partial charge on any atom is -0.456 e. The highest BCUT2D eigenvalue weighted by atomic mass is 16.3. The van der Waals surface area contributed by atoms with Gasteiger partial charge in [-0.1, -0.05) is 109 Å². The summed E-state index contributed by atoms with van der Waals surface area (Å²) in [5.41, 5.74) is 54.3. The Morgan fingerprint density at radius 2 is 0.291 bits per heavy atom. The third-order valence-electron chi connectivity index (χ3n) is 22.8. The molecule has 9 aromatic carbocycles. The van der Waals surface area contributed by atoms with Crippen molar-refractivity contribution >= 4 is 454 Å². The Hall–Kier alpha value is -4.49. The molecule has 1 heterocycles. The van der Waals surface area contributed by atoms with E-state index >= 15 is 0 Å². The largest absolute Gasteiger partial charge is 0.456 e. The summed E-state index contributed by atoms with van der Waals surface area (Å²) in [7, 11) is 71.2. The standard InChI is InChI=1S/C48H60B30O/c49-17-7(28(60)36(68)29(61)9(17)12-30(62)42(74)45(77)43(75)31(12)63)1-3-5(21(53)39(71)37(69)19(3)51)2(6-4(1)20(52)38(70)40(72)22(6)54)8-23(55)25(57)11(26(58)24(8)56)10-18(50)15-16-34(66)27(59)13-14(35(67)44(76)41(73)32(13)64)47(16)79-48(15)46(78)33(10)65/h49-78H2. The van der Waals surface area contributed by atoms with Crippen LogP contribution in [-0.2, 0) is 0 Å². The smallest absolute Gasteiger partial charge is 0.143 e. The van der Waals surface area contributed by atoms with Gasteiger partial charge in [0, 0.05) is 16.2 Å². The van der Waals surface area contributed by atoms with Crippen LogP contribution in [0.3, 0.4) is 0 Å². The van der Waals surface area contributed by atoms with E-state index in [9.17, 15) is 0 Å². The number of hydrogen-bond acceptors (Lipinski definition) is 1. The zero-order chi connectivity index (χ0) is 58.4. The normalized spacial score (nSPS) is 11.8. The van der Waals surface area contributed by atoms with Crippen LogP contribution in [0.25, 0.3) is 98.8 Å². The second-order valence-corrected chi connectivity index (χ2v) is 25.5. The van der Waals surface area contributed by atoms with E-state index in [1.54, 1.807) is 0 Å². The van der Waals surface area contributed by atoms with Crippen molar-refractivity contribution in [3.8, 4) is 44.5 Å². The first-order chi connectivity index (χ1) is 36.8. The van der Waals surface area contributed by atoms with Crippen LogP contribution in [0.4, 0.5) is 0 Å². The van der Waals surface area contributed by atoms with Crippen LogP contribution >= 0.6 is 0 Å². The molecule has 0 bridgehead atoms. The fourth-order valence-electron chi connectivity index (χ4n) is 15.8. The summed E-state index contributed by atoms with van der Waals surface area (Å²) in [4.78, 5) is 0. The maximum Gasteiger partial charge on any atom is 0.143 e. The Morgan fingerprint density at radius 1 is 0.114 bits per heavy atom. The fraction of sp³-hybridized carbons (Fsp3) is 0. The van der Waals surface area contributed by atoms with Crippen molar-refractivity contribution in [2.24, 2.45) is 0 Å². The molecule has 10 aromatic rings. The Balaban J connectivity index is 1.39. The molecule has 0 unspecified atom stereocenters. The molecule has 348 valence electrons. The van der Waals surface area contributed by atoms with Gasteiger partial charge >= 0.3 is 0 Å². The van der Waals surface area contributed by atoms with Crippen LogP contribution in [0, 0.1) is 0 Å². The molecule has 0 spiro atoms. The van der Waals surface area contributed by atoms with Crippen LogP contribution in [0.2, 0.25) is 0 Å². The van der Waals surface area contributed by atoms with Gasteiger partial charge in [-0.05, 0) is 71.4 Å². The summed E-state index contributed by atoms with van der Waals surface area (Å²) < 4.78 is 7.28. The van der Waals surface area contributed by atoms with Crippen molar-refractivity contribution < 1.29 is 4.42 Å². The van der Waals surface area contributed by atoms with Gasteiger partial charge in [-0.3, -0.25) is 0 Å². The van der Waals surface area contributed by atoms with Gasteiger partial charge in [0.25, 0.3) is 0 Å². The van der Waals surface area contributed by atoms with E-state index in [4.69, 9.17) is 4.42 Å². The van der Waals surface area contributed by atoms with Crippen LogP contribution in [0.1, 0.15) is 0 Å². The van der Waals surface area contributed by atoms with Gasteiger partial charge in [0.15, 0.2) is 0 Å². The van der Waals surface area contributed by atoms with Gasteiger partial charge in [0.1, 0.15) is 247 Å². The summed E-state index contributed by atoms with van der Waals surface area (Å²) in [6, 6.07) is 0. The van der Waals surface area contributed by atoms with Gasteiger partial charge in [0.2, 0.25) is 0 Å². The number of fused-ring (bicyclic) bond motifs is 7. The molecule has 0 saturated heterocycles. The van der Waals surface area contributed by atoms with Crippen molar-refractivity contribution in [2.75, 3.05) is 0 Å². The van der Waals surface area contributed by atoms with E-state index in [0.717, 1.165) is 11.2 Å². The van der Waals surface area contributed by atoms with Gasteiger partial charge < -0.3 is 4.42 Å². The molecule has 1 nitrogen and oxygen atoms in total. The lowest BCUT2D eigenvalue weighted by Crippen LogP contribution is -2.57. The van der Waals surface area contributed by atoms with Gasteiger partial charge in [0.05, 0.1) is 0 Å². The van der Waals surface area contributed by atoms with E-state index in [-0.39, 0.29) is 0 Å². The third-order valence-corrected chi connectivity index (χ3v) is 22.8. The topological polar surface area (TPSA) is 13.1 Å². The maximum absolute atomic E-state index is 7.28. The first kappa shape index (κ1) is 57.7. The number of benzene rings is 9. The van der Waals surface area contributed by atoms with Gasteiger partial charge in [-0.25, -0.2) is 0 Å². The lowest BCUT2D eigenvalue weighted by atomic mass is 9.54. The Bertz CT molecular complexity index is 4460. The van der Waals surface area contributed by atoms with Crippen molar-refractivity contribution in [3.05, 3.63) is 0 Å². The molecule has 0 radical (unpaired) electrons. The second kappa shape index (κ2) is 19.6. The molecule has 0 aliphatic rings. The van der Waals surface area contributed by atoms with Gasteiger partial charge in [-0.2, -0.15) is 0 Å². The zero-order valence-electron chi connectivity index (χ0n) is 54.4. The molecular formula is C48H60B30O. The third kappa shape index (κ3) is 7.52. The SMILES string of the molecule is Bc1c(B)c(B)c(-c2c(B)c(B)c(B)c(-c3c4c(B)c(B)c(B)c(B)c4c(-c4c(B)c(B)c(-c5c(B)c(B)c6oc7c8c(B)c(B)c(B)c(B)c8c(B)c(B)c7c6c5B)c(B)c4B)c4c(B)c(B)c(B)c(B)c34)c2B)c(B)c1B. The molecule has 0 aliphatic heterocycles. The predicted molar refractivity (Wildman–Crippen MR) is 453 cm³/mol. The summed E-state index contributed by atoms with van der Waals surface area (Å²) in [6.45, 7) is 0. The van der Waals surface area contributed by atoms with Crippen molar-refractivity contribution in [2.45, 2.75) is 0 Å². The van der Waals surface area contributed by atoms with Crippen LogP contribution in [0.15, 0.2) is 4.42 Å². The quantitative estimate of drug-likeness (QED) is 0.127. The molecular weight excluding hydrogens is 917 g/mol. The first-order valence-corrected chi connectivity index (χ1v) is 29.4. The number of rotatable bonds is 4. The number of hydrogen-bond donors (Lipinski definition) is 0. The van der Waals surface area contributed by atoms with Crippen LogP contribution < -0.4 is 164 Å². The van der Waals surface area contributed by atoms with Gasteiger partial charge in [-0.15, -0.1) is 54.6 Å². The highest BCUT2D eigenvalue weighted by Crippen LogP contribution is 2.39. The molecule has 0 fully saturated rings. The molecule has 0 amide bonds. The molecule has 0 N–H and O–H groups in total. The fourth-order valence-corrected chi connectivity index (χ4v) is 15.8. The Morgan fingerprint density at radius 3 is 0.658 bits per heavy atom. The molecule has 0 saturated carbocycles. The molecule has 1 aromatic heterocycles. The Labute approximate surface area is 498 Å². The highest BCUT2D eigenvalue weighted by Gasteiger charge is 2.32. The molecule has 0 aliphatic carbocycles. The lowest BCUT2D eigenvalue weighted by molar-refractivity contribution is 0.676. The lowest BCUT2D eigenvalue weighted by Gasteiger charge is -2.33. The molecule has 0 atom stereocenters. The average Bonchev–Trinajstić information content (AvgIpc) is 3.46. The van der Waals surface area contributed by atoms with E-state index in [1.165, 1.54) is 251 Å². The van der Waals surface area contributed by atoms with E-state index in [2.05, 4.69) is 235 Å². The van der Waals surface area contributed by atoms with E-state index in [1.807, 2.05) is 0 Å². The first-order valence-electron chi connectivity index (χ1n) is 29.4. The highest BCUT2D eigenvalue weighted by molar-refractivity contribution is 6.77. The van der Waals surface area contributed by atoms with E-state index < -0.39 is 0 Å². The molecule has 10 rings (SSSR count).